The molecule has 0 unspecified atom stereocenters. The van der Waals surface area contributed by atoms with Crippen molar-refractivity contribution in [3.63, 3.8) is 0 Å². The van der Waals surface area contributed by atoms with Crippen LogP contribution < -0.4 is 10.1 Å². The molecular weight excluding hydrogens is 318 g/mol. The molecule has 4 nitrogen and oxygen atoms in total. The molecule has 0 aliphatic heterocycles. The monoisotopic (exact) mass is 335 g/mol. The third-order valence-corrected chi connectivity index (χ3v) is 3.30. The third kappa shape index (κ3) is 3.77. The summed E-state index contributed by atoms with van der Waals surface area (Å²) in [5.41, 5.74) is 1.81. The van der Waals surface area contributed by atoms with Gasteiger partial charge in [-0.15, -0.1) is 0 Å². The van der Waals surface area contributed by atoms with E-state index < -0.39 is 0 Å². The number of aromatic nitrogens is 2. The first-order chi connectivity index (χ1) is 9.60. The zero-order chi connectivity index (χ0) is 14.5. The predicted molar refractivity (Wildman–Crippen MR) is 83.7 cm³/mol. The lowest BCUT2D eigenvalue weighted by Crippen LogP contribution is -2.23. The van der Waals surface area contributed by atoms with Gasteiger partial charge in [-0.05, 0) is 24.3 Å². The lowest BCUT2D eigenvalue weighted by molar-refractivity contribution is 0.416. The van der Waals surface area contributed by atoms with E-state index in [-0.39, 0.29) is 0 Å². The molecule has 0 saturated heterocycles. The Morgan fingerprint density at radius 2 is 2.10 bits per heavy atom. The van der Waals surface area contributed by atoms with Crippen molar-refractivity contribution in [2.24, 2.45) is 0 Å². The lowest BCUT2D eigenvalue weighted by Gasteiger charge is -2.10. The molecule has 0 atom stereocenters. The largest absolute Gasteiger partial charge is 0.496 e. The van der Waals surface area contributed by atoms with Crippen LogP contribution in [-0.4, -0.2) is 23.1 Å². The van der Waals surface area contributed by atoms with Crippen LogP contribution in [0.1, 0.15) is 19.7 Å². The Morgan fingerprint density at radius 3 is 2.80 bits per heavy atom. The van der Waals surface area contributed by atoms with Gasteiger partial charge in [0.25, 0.3) is 0 Å². The van der Waals surface area contributed by atoms with Crippen molar-refractivity contribution in [3.8, 4) is 17.0 Å². The molecule has 5 heteroatoms. The number of hydrogen-bond acceptors (Lipinski definition) is 4. The van der Waals surface area contributed by atoms with Crippen molar-refractivity contribution in [2.75, 3.05) is 7.11 Å². The van der Waals surface area contributed by atoms with Gasteiger partial charge in [0.2, 0.25) is 0 Å². The normalized spacial score (nSPS) is 10.8. The van der Waals surface area contributed by atoms with Gasteiger partial charge in [0.15, 0.2) is 0 Å². The van der Waals surface area contributed by atoms with Gasteiger partial charge in [-0.25, -0.2) is 9.97 Å². The summed E-state index contributed by atoms with van der Waals surface area (Å²) in [5.74, 6) is 1.58. The highest BCUT2D eigenvalue weighted by Gasteiger charge is 2.09. The van der Waals surface area contributed by atoms with Gasteiger partial charge < -0.3 is 10.1 Å². The van der Waals surface area contributed by atoms with Crippen LogP contribution in [0.3, 0.4) is 0 Å². The minimum absolute atomic E-state index is 0.405. The molecule has 0 fully saturated rings. The van der Waals surface area contributed by atoms with Crippen LogP contribution in [0.4, 0.5) is 0 Å². The number of benzene rings is 1. The van der Waals surface area contributed by atoms with E-state index in [4.69, 9.17) is 4.74 Å². The quantitative estimate of drug-likeness (QED) is 0.909. The molecule has 0 aliphatic carbocycles. The first-order valence-electron chi connectivity index (χ1n) is 6.49. The summed E-state index contributed by atoms with van der Waals surface area (Å²) >= 11 is 3.48. The number of ether oxygens (including phenoxy) is 1. The molecule has 0 bridgehead atoms. The summed E-state index contributed by atoms with van der Waals surface area (Å²) in [7, 11) is 1.66. The van der Waals surface area contributed by atoms with E-state index >= 15 is 0 Å². The number of rotatable bonds is 5. The van der Waals surface area contributed by atoms with Gasteiger partial charge >= 0.3 is 0 Å². The SMILES string of the molecule is COc1ccc(Br)cc1-c1ccnc(CNC(C)C)n1. The Balaban J connectivity index is 2.33. The Kier molecular flexibility index (Phi) is 5.09. The molecule has 1 heterocycles. The number of halogens is 1. The van der Waals surface area contributed by atoms with Crippen molar-refractivity contribution >= 4 is 15.9 Å². The molecule has 20 heavy (non-hydrogen) atoms. The molecule has 0 spiro atoms. The van der Waals surface area contributed by atoms with Crippen LogP contribution in [0.25, 0.3) is 11.3 Å². The molecule has 0 aliphatic rings. The average Bonchev–Trinajstić information content (AvgIpc) is 2.45. The van der Waals surface area contributed by atoms with Crippen molar-refractivity contribution in [1.29, 1.82) is 0 Å². The maximum absolute atomic E-state index is 5.40. The zero-order valence-electron chi connectivity index (χ0n) is 11.9. The van der Waals surface area contributed by atoms with E-state index in [1.807, 2.05) is 24.3 Å². The molecule has 0 saturated carbocycles. The van der Waals surface area contributed by atoms with E-state index in [2.05, 4.69) is 45.1 Å². The van der Waals surface area contributed by atoms with E-state index in [1.54, 1.807) is 13.3 Å². The molecule has 2 aromatic rings. The van der Waals surface area contributed by atoms with Crippen molar-refractivity contribution in [1.82, 2.24) is 15.3 Å². The Bertz CT molecular complexity index is 587. The third-order valence-electron chi connectivity index (χ3n) is 2.81. The zero-order valence-corrected chi connectivity index (χ0v) is 13.4. The number of nitrogens with zero attached hydrogens (tertiary/aromatic N) is 2. The fourth-order valence-corrected chi connectivity index (χ4v) is 2.17. The summed E-state index contributed by atoms with van der Waals surface area (Å²) in [5, 5.41) is 3.31. The molecule has 1 aromatic heterocycles. The predicted octanol–water partition coefficient (Wildman–Crippen LogP) is 3.41. The first kappa shape index (κ1) is 14.9. The van der Waals surface area contributed by atoms with Crippen LogP contribution in [0.15, 0.2) is 34.9 Å². The van der Waals surface area contributed by atoms with Crippen molar-refractivity contribution in [2.45, 2.75) is 26.4 Å². The van der Waals surface area contributed by atoms with Crippen molar-refractivity contribution in [3.05, 3.63) is 40.8 Å². The Hall–Kier alpha value is -1.46. The minimum Gasteiger partial charge on any atom is -0.496 e. The van der Waals surface area contributed by atoms with Crippen LogP contribution in [-0.2, 0) is 6.54 Å². The second-order valence-corrected chi connectivity index (χ2v) is 5.65. The second-order valence-electron chi connectivity index (χ2n) is 4.74. The molecule has 0 amide bonds. The minimum atomic E-state index is 0.405. The highest BCUT2D eigenvalue weighted by molar-refractivity contribution is 9.10. The van der Waals surface area contributed by atoms with Gasteiger partial charge in [-0.1, -0.05) is 29.8 Å². The number of methoxy groups -OCH3 is 1. The Labute approximate surface area is 127 Å². The standard InChI is InChI=1S/C15H18BrN3O/c1-10(2)18-9-15-17-7-6-13(19-15)12-8-11(16)4-5-14(12)20-3/h4-8,10,18H,9H2,1-3H3. The van der Waals surface area contributed by atoms with E-state index in [1.165, 1.54) is 0 Å². The summed E-state index contributed by atoms with van der Waals surface area (Å²) in [6.45, 7) is 4.85. The van der Waals surface area contributed by atoms with E-state index in [9.17, 15) is 0 Å². The number of nitrogens with one attached hydrogen (secondary N) is 1. The fourth-order valence-electron chi connectivity index (χ4n) is 1.81. The lowest BCUT2D eigenvalue weighted by atomic mass is 10.1. The van der Waals surface area contributed by atoms with Crippen molar-refractivity contribution < 1.29 is 4.74 Å². The molecule has 106 valence electrons. The van der Waals surface area contributed by atoms with Gasteiger partial charge in [0, 0.05) is 22.3 Å². The van der Waals surface area contributed by atoms with Crippen LogP contribution in [0.2, 0.25) is 0 Å². The fraction of sp³-hybridized carbons (Fsp3) is 0.333. The van der Waals surface area contributed by atoms with Crippen LogP contribution in [0.5, 0.6) is 5.75 Å². The maximum atomic E-state index is 5.40. The molecule has 0 radical (unpaired) electrons. The maximum Gasteiger partial charge on any atom is 0.142 e. The molecule has 1 N–H and O–H groups in total. The van der Waals surface area contributed by atoms with Crippen LogP contribution in [0, 0.1) is 0 Å². The van der Waals surface area contributed by atoms with Gasteiger partial charge in [0.1, 0.15) is 11.6 Å². The van der Waals surface area contributed by atoms with Crippen LogP contribution >= 0.6 is 15.9 Å². The summed E-state index contributed by atoms with van der Waals surface area (Å²) in [6, 6.07) is 8.17. The highest BCUT2D eigenvalue weighted by atomic mass is 79.9. The second kappa shape index (κ2) is 6.81. The van der Waals surface area contributed by atoms with Gasteiger partial charge in [-0.3, -0.25) is 0 Å². The summed E-state index contributed by atoms with van der Waals surface area (Å²) in [6.07, 6.45) is 1.78. The Morgan fingerprint density at radius 1 is 1.30 bits per heavy atom. The van der Waals surface area contributed by atoms with E-state index in [0.717, 1.165) is 27.3 Å². The van der Waals surface area contributed by atoms with Gasteiger partial charge in [-0.2, -0.15) is 0 Å². The average molecular weight is 336 g/mol. The molecule has 2 rings (SSSR count). The topological polar surface area (TPSA) is 47.0 Å². The van der Waals surface area contributed by atoms with Gasteiger partial charge in [0.05, 0.1) is 19.3 Å². The molecular formula is C15H18BrN3O. The summed E-state index contributed by atoms with van der Waals surface area (Å²) in [4.78, 5) is 8.88. The smallest absolute Gasteiger partial charge is 0.142 e. The molecule has 1 aromatic carbocycles. The highest BCUT2D eigenvalue weighted by Crippen LogP contribution is 2.31. The first-order valence-corrected chi connectivity index (χ1v) is 7.28. The van der Waals surface area contributed by atoms with E-state index in [0.29, 0.717) is 12.6 Å². The summed E-state index contributed by atoms with van der Waals surface area (Å²) < 4.78 is 6.39. The number of hydrogen-bond donors (Lipinski definition) is 1.